The summed E-state index contributed by atoms with van der Waals surface area (Å²) in [7, 11) is 0. The minimum atomic E-state index is -0.0884. The average molecular weight is 354 g/mol. The number of benzene rings is 1. The number of hydrogen-bond acceptors (Lipinski definition) is 5. The zero-order chi connectivity index (χ0) is 17.9. The van der Waals surface area contributed by atoms with Crippen molar-refractivity contribution in [1.29, 1.82) is 0 Å². The number of hydrogen-bond donors (Lipinski definition) is 1. The highest BCUT2D eigenvalue weighted by molar-refractivity contribution is 5.45. The van der Waals surface area contributed by atoms with E-state index in [0.717, 1.165) is 38.3 Å². The van der Waals surface area contributed by atoms with Gasteiger partial charge in [-0.2, -0.15) is 4.98 Å². The lowest BCUT2D eigenvalue weighted by molar-refractivity contribution is 0.122. The molecule has 2 aliphatic rings. The van der Waals surface area contributed by atoms with Gasteiger partial charge in [0.25, 0.3) is 5.56 Å². The van der Waals surface area contributed by atoms with Crippen LogP contribution in [0.4, 0.5) is 11.8 Å². The maximum atomic E-state index is 12.3. The molecule has 1 N–H and O–H groups in total. The van der Waals surface area contributed by atoms with Gasteiger partial charge in [-0.15, -0.1) is 0 Å². The maximum Gasteiger partial charge on any atom is 0.254 e. The fourth-order valence-electron chi connectivity index (χ4n) is 3.96. The summed E-state index contributed by atoms with van der Waals surface area (Å²) in [5.74, 6) is 2.02. The molecule has 0 aliphatic carbocycles. The zero-order valence-corrected chi connectivity index (χ0v) is 15.2. The summed E-state index contributed by atoms with van der Waals surface area (Å²) < 4.78 is 5.41. The highest BCUT2D eigenvalue weighted by Crippen LogP contribution is 2.30. The number of aromatic amines is 1. The minimum Gasteiger partial charge on any atom is -0.378 e. The van der Waals surface area contributed by atoms with E-state index in [9.17, 15) is 4.79 Å². The Hall–Kier alpha value is -2.34. The van der Waals surface area contributed by atoms with Crippen LogP contribution in [0.1, 0.15) is 18.9 Å². The van der Waals surface area contributed by atoms with Crippen molar-refractivity contribution in [1.82, 2.24) is 9.97 Å². The van der Waals surface area contributed by atoms with Crippen LogP contribution in [-0.2, 0) is 11.2 Å². The van der Waals surface area contributed by atoms with Crippen LogP contribution in [0.15, 0.2) is 41.2 Å². The first-order valence-electron chi connectivity index (χ1n) is 9.45. The van der Waals surface area contributed by atoms with Crippen LogP contribution in [-0.4, -0.2) is 48.9 Å². The quantitative estimate of drug-likeness (QED) is 0.911. The monoisotopic (exact) mass is 354 g/mol. The number of morpholine rings is 1. The molecule has 0 spiro atoms. The molecule has 0 saturated carbocycles. The van der Waals surface area contributed by atoms with Crippen LogP contribution >= 0.6 is 0 Å². The smallest absolute Gasteiger partial charge is 0.254 e. The van der Waals surface area contributed by atoms with E-state index in [-0.39, 0.29) is 5.56 Å². The zero-order valence-electron chi connectivity index (χ0n) is 15.2. The van der Waals surface area contributed by atoms with Crippen LogP contribution in [0.5, 0.6) is 0 Å². The Morgan fingerprint density at radius 1 is 1.19 bits per heavy atom. The van der Waals surface area contributed by atoms with Crippen LogP contribution in [0.3, 0.4) is 0 Å². The van der Waals surface area contributed by atoms with Gasteiger partial charge in [0.1, 0.15) is 5.82 Å². The van der Waals surface area contributed by atoms with Gasteiger partial charge in [0, 0.05) is 31.7 Å². The number of H-pyrrole nitrogens is 1. The highest BCUT2D eigenvalue weighted by atomic mass is 16.5. The van der Waals surface area contributed by atoms with Crippen LogP contribution in [0.25, 0.3) is 0 Å². The third-order valence-corrected chi connectivity index (χ3v) is 5.49. The third kappa shape index (κ3) is 3.60. The van der Waals surface area contributed by atoms with Crippen molar-refractivity contribution < 1.29 is 4.74 Å². The predicted octanol–water partition coefficient (Wildman–Crippen LogP) is 2.06. The lowest BCUT2D eigenvalue weighted by atomic mass is 9.96. The first kappa shape index (κ1) is 17.1. The van der Waals surface area contributed by atoms with Gasteiger partial charge in [-0.25, -0.2) is 0 Å². The van der Waals surface area contributed by atoms with E-state index >= 15 is 0 Å². The van der Waals surface area contributed by atoms with Gasteiger partial charge in [0.05, 0.1) is 13.2 Å². The van der Waals surface area contributed by atoms with Crippen molar-refractivity contribution >= 4 is 11.8 Å². The molecule has 2 fully saturated rings. The number of anilines is 2. The number of ether oxygens (including phenoxy) is 1. The SMILES string of the molecule is C[C@H]1CCN(c2nc(N3CCOCC3)cc(=O)[nH]2)[C@@H]1Cc1ccccc1. The van der Waals surface area contributed by atoms with Crippen molar-refractivity contribution in [2.75, 3.05) is 42.6 Å². The molecule has 1 aromatic heterocycles. The molecule has 6 nitrogen and oxygen atoms in total. The summed E-state index contributed by atoms with van der Waals surface area (Å²) >= 11 is 0. The standard InChI is InChI=1S/C20H26N4O2/c1-15-7-8-24(17(15)13-16-5-3-2-4-6-16)20-21-18(14-19(25)22-20)23-9-11-26-12-10-23/h2-6,14-15,17H,7-13H2,1H3,(H,21,22,25)/t15-,17+/m0/s1. The lowest BCUT2D eigenvalue weighted by Gasteiger charge is -2.30. The summed E-state index contributed by atoms with van der Waals surface area (Å²) in [6, 6.07) is 12.5. The van der Waals surface area contributed by atoms with E-state index in [1.54, 1.807) is 6.07 Å². The fraction of sp³-hybridized carbons (Fsp3) is 0.500. The predicted molar refractivity (Wildman–Crippen MR) is 103 cm³/mol. The van der Waals surface area contributed by atoms with E-state index in [0.29, 0.717) is 31.1 Å². The Morgan fingerprint density at radius 2 is 1.96 bits per heavy atom. The molecule has 0 amide bonds. The second-order valence-corrected chi connectivity index (χ2v) is 7.24. The molecule has 2 aliphatic heterocycles. The second-order valence-electron chi connectivity index (χ2n) is 7.24. The molecule has 26 heavy (non-hydrogen) atoms. The van der Waals surface area contributed by atoms with Gasteiger partial charge in [0.2, 0.25) is 5.95 Å². The molecule has 6 heteroatoms. The summed E-state index contributed by atoms with van der Waals surface area (Å²) in [4.78, 5) is 24.5. The molecule has 0 radical (unpaired) electrons. The lowest BCUT2D eigenvalue weighted by Crippen LogP contribution is -2.39. The van der Waals surface area contributed by atoms with E-state index < -0.39 is 0 Å². The molecule has 0 bridgehead atoms. The van der Waals surface area contributed by atoms with E-state index in [4.69, 9.17) is 9.72 Å². The Morgan fingerprint density at radius 3 is 2.73 bits per heavy atom. The Kier molecular flexibility index (Phi) is 4.93. The van der Waals surface area contributed by atoms with Gasteiger partial charge in [-0.3, -0.25) is 9.78 Å². The molecule has 0 unspecified atom stereocenters. The van der Waals surface area contributed by atoms with E-state index in [2.05, 4.69) is 46.0 Å². The molecule has 2 saturated heterocycles. The molecule has 1 aromatic carbocycles. The molecule has 138 valence electrons. The molecule has 4 rings (SSSR count). The molecular weight excluding hydrogens is 328 g/mol. The summed E-state index contributed by atoms with van der Waals surface area (Å²) in [6.45, 7) is 6.13. The third-order valence-electron chi connectivity index (χ3n) is 5.49. The highest BCUT2D eigenvalue weighted by Gasteiger charge is 2.33. The summed E-state index contributed by atoms with van der Waals surface area (Å²) in [5, 5.41) is 0. The van der Waals surface area contributed by atoms with Gasteiger partial charge in [0.15, 0.2) is 0 Å². The number of nitrogens with one attached hydrogen (secondary N) is 1. The normalized spacial score (nSPS) is 23.4. The minimum absolute atomic E-state index is 0.0884. The number of nitrogens with zero attached hydrogens (tertiary/aromatic N) is 3. The Labute approximate surface area is 153 Å². The van der Waals surface area contributed by atoms with Crippen molar-refractivity contribution in [3.05, 3.63) is 52.3 Å². The Balaban J connectivity index is 1.60. The Bertz CT molecular complexity index is 786. The summed E-state index contributed by atoms with van der Waals surface area (Å²) in [6.07, 6.45) is 2.08. The topological polar surface area (TPSA) is 61.5 Å². The number of rotatable bonds is 4. The molecule has 2 atom stereocenters. The van der Waals surface area contributed by atoms with Gasteiger partial charge in [-0.05, 0) is 24.3 Å². The van der Waals surface area contributed by atoms with Gasteiger partial charge < -0.3 is 14.5 Å². The van der Waals surface area contributed by atoms with Crippen molar-refractivity contribution in [2.24, 2.45) is 5.92 Å². The largest absolute Gasteiger partial charge is 0.378 e. The van der Waals surface area contributed by atoms with E-state index in [1.807, 2.05) is 6.07 Å². The summed E-state index contributed by atoms with van der Waals surface area (Å²) in [5.41, 5.74) is 1.23. The van der Waals surface area contributed by atoms with Crippen molar-refractivity contribution in [3.63, 3.8) is 0 Å². The van der Waals surface area contributed by atoms with Crippen LogP contribution < -0.4 is 15.4 Å². The maximum absolute atomic E-state index is 12.3. The first-order chi connectivity index (χ1) is 12.7. The van der Waals surface area contributed by atoms with E-state index in [1.165, 1.54) is 5.56 Å². The molecule has 3 heterocycles. The van der Waals surface area contributed by atoms with Gasteiger partial charge in [-0.1, -0.05) is 37.3 Å². The number of aromatic nitrogens is 2. The fourth-order valence-corrected chi connectivity index (χ4v) is 3.96. The average Bonchev–Trinajstić information content (AvgIpc) is 3.03. The van der Waals surface area contributed by atoms with Crippen LogP contribution in [0.2, 0.25) is 0 Å². The van der Waals surface area contributed by atoms with Gasteiger partial charge >= 0.3 is 0 Å². The van der Waals surface area contributed by atoms with Crippen molar-refractivity contribution in [3.8, 4) is 0 Å². The second kappa shape index (κ2) is 7.50. The molecule has 2 aromatic rings. The first-order valence-corrected chi connectivity index (χ1v) is 9.45. The molecular formula is C20H26N4O2. The van der Waals surface area contributed by atoms with Crippen LogP contribution in [0, 0.1) is 5.92 Å². The van der Waals surface area contributed by atoms with Crippen molar-refractivity contribution in [2.45, 2.75) is 25.8 Å².